The van der Waals surface area contributed by atoms with E-state index in [1.54, 1.807) is 6.92 Å². The third kappa shape index (κ3) is 2.43. The van der Waals surface area contributed by atoms with E-state index in [0.717, 1.165) is 16.4 Å². The van der Waals surface area contributed by atoms with Crippen molar-refractivity contribution in [2.75, 3.05) is 6.61 Å². The average Bonchev–Trinajstić information content (AvgIpc) is 2.69. The number of fused-ring (bicyclic) bond motifs is 1. The van der Waals surface area contributed by atoms with Crippen molar-refractivity contribution in [3.8, 4) is 0 Å². The van der Waals surface area contributed by atoms with Crippen molar-refractivity contribution >= 4 is 38.9 Å². The number of hydrogen-bond donors (Lipinski definition) is 0. The van der Waals surface area contributed by atoms with Crippen molar-refractivity contribution < 1.29 is 9.53 Å². The van der Waals surface area contributed by atoms with Crippen molar-refractivity contribution in [1.82, 2.24) is 4.98 Å². The molecule has 0 saturated heterocycles. The first kappa shape index (κ1) is 10.8. The van der Waals surface area contributed by atoms with Crippen LogP contribution >= 0.6 is 11.3 Å². The third-order valence-corrected chi connectivity index (χ3v) is 2.79. The number of carbonyl (C=O) groups is 1. The van der Waals surface area contributed by atoms with E-state index < -0.39 is 5.97 Å². The molecule has 0 amide bonds. The Balaban J connectivity index is 2.18. The summed E-state index contributed by atoms with van der Waals surface area (Å²) in [6.07, 6.45) is 1.15. The number of aromatic nitrogens is 1. The molecule has 0 aliphatic heterocycles. The monoisotopic (exact) mass is 234 g/mol. The number of thiazole rings is 1. The number of hydrogen-bond acceptors (Lipinski definition) is 5. The molecule has 1 aromatic carbocycles. The highest BCUT2D eigenvalue weighted by Gasteiger charge is 2.01. The summed E-state index contributed by atoms with van der Waals surface area (Å²) in [4.78, 5) is 19.3. The van der Waals surface area contributed by atoms with Crippen LogP contribution in [-0.4, -0.2) is 23.8 Å². The van der Waals surface area contributed by atoms with Gasteiger partial charge in [0.1, 0.15) is 6.21 Å². The lowest BCUT2D eigenvalue weighted by Crippen LogP contribution is -2.04. The lowest BCUT2D eigenvalue weighted by Gasteiger charge is -1.92. The quantitative estimate of drug-likeness (QED) is 0.605. The van der Waals surface area contributed by atoms with Gasteiger partial charge >= 0.3 is 5.97 Å². The molecule has 0 N–H and O–H groups in total. The molecule has 0 unspecified atom stereocenters. The Morgan fingerprint density at radius 2 is 2.38 bits per heavy atom. The molecule has 4 nitrogen and oxygen atoms in total. The van der Waals surface area contributed by atoms with Crippen LogP contribution in [0.5, 0.6) is 0 Å². The summed E-state index contributed by atoms with van der Waals surface area (Å²) < 4.78 is 5.78. The van der Waals surface area contributed by atoms with Gasteiger partial charge in [0.25, 0.3) is 0 Å². The number of para-hydroxylation sites is 1. The maximum atomic E-state index is 11.0. The molecule has 2 aromatic rings. The lowest BCUT2D eigenvalue weighted by molar-refractivity contribution is -0.134. The predicted octanol–water partition coefficient (Wildman–Crippen LogP) is 2.56. The SMILES string of the molecule is CCOC(=O)/C=N\c1nc2ccccc2s1. The molecule has 0 radical (unpaired) electrons. The number of carbonyl (C=O) groups excluding carboxylic acids is 1. The molecule has 82 valence electrons. The molecule has 1 heterocycles. The van der Waals surface area contributed by atoms with Crippen LogP contribution in [0.4, 0.5) is 5.13 Å². The molecule has 0 aliphatic carbocycles. The van der Waals surface area contributed by atoms with Crippen LogP contribution in [-0.2, 0) is 9.53 Å². The van der Waals surface area contributed by atoms with Crippen molar-refractivity contribution in [1.29, 1.82) is 0 Å². The smallest absolute Gasteiger partial charge is 0.349 e. The largest absolute Gasteiger partial charge is 0.462 e. The number of nitrogens with zero attached hydrogens (tertiary/aromatic N) is 2. The first-order chi connectivity index (χ1) is 7.79. The minimum atomic E-state index is -0.443. The molecular weight excluding hydrogens is 224 g/mol. The van der Waals surface area contributed by atoms with Gasteiger partial charge in [0.15, 0.2) is 0 Å². The number of ether oxygens (including phenoxy) is 1. The standard InChI is InChI=1S/C11H10N2O2S/c1-2-15-10(14)7-12-11-13-8-5-3-4-6-9(8)16-11/h3-7H,2H2,1H3/b12-7-. The molecule has 2 rings (SSSR count). The Hall–Kier alpha value is -1.75. The van der Waals surface area contributed by atoms with Crippen LogP contribution in [0.3, 0.4) is 0 Å². The first-order valence-corrected chi connectivity index (χ1v) is 5.67. The maximum absolute atomic E-state index is 11.0. The van der Waals surface area contributed by atoms with Gasteiger partial charge < -0.3 is 4.74 Å². The van der Waals surface area contributed by atoms with E-state index in [1.165, 1.54) is 11.3 Å². The fourth-order valence-corrected chi connectivity index (χ4v) is 2.01. The van der Waals surface area contributed by atoms with Gasteiger partial charge in [-0.1, -0.05) is 23.5 Å². The van der Waals surface area contributed by atoms with Crippen LogP contribution < -0.4 is 0 Å². The van der Waals surface area contributed by atoms with E-state index in [9.17, 15) is 4.79 Å². The summed E-state index contributed by atoms with van der Waals surface area (Å²) in [5, 5.41) is 0.564. The van der Waals surface area contributed by atoms with E-state index in [-0.39, 0.29) is 0 Å². The van der Waals surface area contributed by atoms with Gasteiger partial charge in [0.2, 0.25) is 5.13 Å². The van der Waals surface area contributed by atoms with Crippen LogP contribution in [0.15, 0.2) is 29.3 Å². The minimum Gasteiger partial charge on any atom is -0.462 e. The summed E-state index contributed by atoms with van der Waals surface area (Å²) in [7, 11) is 0. The fraction of sp³-hybridized carbons (Fsp3) is 0.182. The number of esters is 1. The van der Waals surface area contributed by atoms with Crippen molar-refractivity contribution in [3.63, 3.8) is 0 Å². The molecule has 0 aliphatic rings. The molecule has 0 spiro atoms. The highest BCUT2D eigenvalue weighted by molar-refractivity contribution is 7.22. The molecule has 0 saturated carbocycles. The Morgan fingerprint density at radius 3 is 3.12 bits per heavy atom. The predicted molar refractivity (Wildman–Crippen MR) is 64.4 cm³/mol. The van der Waals surface area contributed by atoms with Gasteiger partial charge in [-0.05, 0) is 19.1 Å². The van der Waals surface area contributed by atoms with Crippen LogP contribution in [0.1, 0.15) is 6.92 Å². The van der Waals surface area contributed by atoms with Gasteiger partial charge in [0, 0.05) is 0 Å². The molecule has 16 heavy (non-hydrogen) atoms. The molecule has 5 heteroatoms. The summed E-state index contributed by atoms with van der Waals surface area (Å²) in [6.45, 7) is 2.11. The highest BCUT2D eigenvalue weighted by Crippen LogP contribution is 2.27. The van der Waals surface area contributed by atoms with Gasteiger partial charge in [0.05, 0.1) is 16.8 Å². The molecule has 1 aromatic heterocycles. The summed E-state index contributed by atoms with van der Waals surface area (Å²) in [5.74, 6) is -0.443. The van der Waals surface area contributed by atoms with Crippen LogP contribution in [0.25, 0.3) is 10.2 Å². The van der Waals surface area contributed by atoms with Crippen molar-refractivity contribution in [2.24, 2.45) is 4.99 Å². The van der Waals surface area contributed by atoms with E-state index >= 15 is 0 Å². The van der Waals surface area contributed by atoms with E-state index in [2.05, 4.69) is 9.98 Å². The second-order valence-electron chi connectivity index (χ2n) is 2.97. The zero-order chi connectivity index (χ0) is 11.4. The van der Waals surface area contributed by atoms with Gasteiger partial charge in [-0.15, -0.1) is 0 Å². The molecule has 0 bridgehead atoms. The summed E-state index contributed by atoms with van der Waals surface area (Å²) in [5.41, 5.74) is 0.892. The molecule has 0 fully saturated rings. The second-order valence-corrected chi connectivity index (χ2v) is 3.98. The third-order valence-electron chi connectivity index (χ3n) is 1.85. The van der Waals surface area contributed by atoms with Crippen LogP contribution in [0, 0.1) is 0 Å². The first-order valence-electron chi connectivity index (χ1n) is 4.86. The van der Waals surface area contributed by atoms with Crippen molar-refractivity contribution in [3.05, 3.63) is 24.3 Å². The Morgan fingerprint density at radius 1 is 1.56 bits per heavy atom. The maximum Gasteiger partial charge on any atom is 0.349 e. The number of benzene rings is 1. The Kier molecular flexibility index (Phi) is 3.26. The summed E-state index contributed by atoms with van der Waals surface area (Å²) >= 11 is 1.44. The van der Waals surface area contributed by atoms with Gasteiger partial charge in [-0.3, -0.25) is 0 Å². The fourth-order valence-electron chi connectivity index (χ4n) is 1.20. The normalized spacial score (nSPS) is 11.1. The number of aliphatic imine (C=N–C) groups is 1. The van der Waals surface area contributed by atoms with Crippen LogP contribution in [0.2, 0.25) is 0 Å². The van der Waals surface area contributed by atoms with E-state index in [1.807, 2.05) is 24.3 Å². The zero-order valence-corrected chi connectivity index (χ0v) is 9.53. The zero-order valence-electron chi connectivity index (χ0n) is 8.71. The summed E-state index contributed by atoms with van der Waals surface area (Å²) in [6, 6.07) is 7.74. The van der Waals surface area contributed by atoms with Crippen molar-refractivity contribution in [2.45, 2.75) is 6.92 Å². The lowest BCUT2D eigenvalue weighted by atomic mass is 10.3. The Labute approximate surface area is 96.6 Å². The van der Waals surface area contributed by atoms with Gasteiger partial charge in [-0.2, -0.15) is 0 Å². The Bertz CT molecular complexity index is 501. The topological polar surface area (TPSA) is 51.5 Å². The average molecular weight is 234 g/mol. The number of rotatable bonds is 3. The molecule has 0 atom stereocenters. The minimum absolute atomic E-state index is 0.352. The van der Waals surface area contributed by atoms with Gasteiger partial charge in [-0.25, -0.2) is 14.8 Å². The van der Waals surface area contributed by atoms with E-state index in [4.69, 9.17) is 4.74 Å². The van der Waals surface area contributed by atoms with E-state index in [0.29, 0.717) is 11.7 Å². The highest BCUT2D eigenvalue weighted by atomic mass is 32.1. The second kappa shape index (κ2) is 4.85. The molecular formula is C11H10N2O2S.